The van der Waals surface area contributed by atoms with Gasteiger partial charge in [0.15, 0.2) is 0 Å². The van der Waals surface area contributed by atoms with E-state index in [2.05, 4.69) is 20.9 Å². The van der Waals surface area contributed by atoms with Crippen LogP contribution in [0.5, 0.6) is 11.5 Å². The largest absolute Gasteiger partial charge is 0.493 e. The van der Waals surface area contributed by atoms with Crippen molar-refractivity contribution in [1.82, 2.24) is 0 Å². The Hall–Kier alpha value is -1.32. The number of carbonyl (C=O) groups excluding carboxylic acids is 1. The summed E-state index contributed by atoms with van der Waals surface area (Å²) in [6.45, 7) is 1.37. The standard InChI is InChI=1S/C16H16BrNO3/c17-13-11-4-8-20-14(11)12(10-3-7-21-15(10)13)16(18-9-19)5-1-2-6-16/h1-8H2. The number of ether oxygens (including phenoxy) is 2. The van der Waals surface area contributed by atoms with Crippen molar-refractivity contribution in [3.63, 3.8) is 0 Å². The van der Waals surface area contributed by atoms with E-state index in [9.17, 15) is 4.79 Å². The molecule has 1 aromatic rings. The average molecular weight is 350 g/mol. The van der Waals surface area contributed by atoms with Crippen LogP contribution in [0.25, 0.3) is 0 Å². The molecule has 1 saturated carbocycles. The second-order valence-corrected chi connectivity index (χ2v) is 6.74. The zero-order valence-electron chi connectivity index (χ0n) is 11.7. The number of rotatable bonds is 2. The van der Waals surface area contributed by atoms with E-state index in [0.29, 0.717) is 13.2 Å². The second kappa shape index (κ2) is 4.85. The molecule has 3 aliphatic rings. The van der Waals surface area contributed by atoms with Gasteiger partial charge in [-0.25, -0.2) is 4.79 Å². The molecule has 21 heavy (non-hydrogen) atoms. The predicted octanol–water partition coefficient (Wildman–Crippen LogP) is 3.42. The quantitative estimate of drug-likeness (QED) is 0.607. The molecule has 0 radical (unpaired) electrons. The summed E-state index contributed by atoms with van der Waals surface area (Å²) in [6.07, 6.45) is 7.51. The SMILES string of the molecule is O=C=NC1(c2c3c(c(Br)c4c2OCC4)OCC3)CCCC1. The summed E-state index contributed by atoms with van der Waals surface area (Å²) in [7, 11) is 0. The van der Waals surface area contributed by atoms with Crippen LogP contribution in [0.4, 0.5) is 0 Å². The predicted molar refractivity (Wildman–Crippen MR) is 80.8 cm³/mol. The molecule has 110 valence electrons. The number of nitrogens with zero attached hydrogens (tertiary/aromatic N) is 1. The fraction of sp³-hybridized carbons (Fsp3) is 0.562. The molecule has 0 N–H and O–H groups in total. The van der Waals surface area contributed by atoms with E-state index in [1.165, 1.54) is 5.56 Å². The smallest absolute Gasteiger partial charge is 0.235 e. The summed E-state index contributed by atoms with van der Waals surface area (Å²) in [5, 5.41) is 0. The number of fused-ring (bicyclic) bond motifs is 2. The Labute approximate surface area is 131 Å². The first-order valence-corrected chi connectivity index (χ1v) is 8.28. The van der Waals surface area contributed by atoms with E-state index in [-0.39, 0.29) is 0 Å². The van der Waals surface area contributed by atoms with Crippen molar-refractivity contribution in [2.75, 3.05) is 13.2 Å². The van der Waals surface area contributed by atoms with Gasteiger partial charge in [-0.3, -0.25) is 0 Å². The van der Waals surface area contributed by atoms with Gasteiger partial charge < -0.3 is 9.47 Å². The molecular formula is C16H16BrNO3. The highest BCUT2D eigenvalue weighted by Crippen LogP contribution is 2.55. The van der Waals surface area contributed by atoms with E-state index in [1.807, 2.05) is 6.08 Å². The van der Waals surface area contributed by atoms with Crippen LogP contribution in [-0.4, -0.2) is 19.3 Å². The third kappa shape index (κ3) is 1.80. The number of hydrogen-bond donors (Lipinski definition) is 0. The minimum Gasteiger partial charge on any atom is -0.493 e. The molecule has 2 heterocycles. The molecule has 4 rings (SSSR count). The fourth-order valence-electron chi connectivity index (χ4n) is 4.01. The molecule has 1 fully saturated rings. The average Bonchev–Trinajstić information content (AvgIpc) is 3.18. The zero-order chi connectivity index (χ0) is 14.4. The van der Waals surface area contributed by atoms with Crippen molar-refractivity contribution >= 4 is 22.0 Å². The van der Waals surface area contributed by atoms with Crippen molar-refractivity contribution < 1.29 is 14.3 Å². The van der Waals surface area contributed by atoms with Crippen LogP contribution in [0.3, 0.4) is 0 Å². The zero-order valence-corrected chi connectivity index (χ0v) is 13.3. The highest BCUT2D eigenvalue weighted by Gasteiger charge is 2.44. The van der Waals surface area contributed by atoms with Gasteiger partial charge >= 0.3 is 0 Å². The Bertz CT molecular complexity index is 623. The van der Waals surface area contributed by atoms with E-state index in [1.54, 1.807) is 0 Å². The third-order valence-corrected chi connectivity index (χ3v) is 5.73. The number of benzene rings is 1. The molecule has 0 unspecified atom stereocenters. The van der Waals surface area contributed by atoms with Gasteiger partial charge in [0.05, 0.1) is 17.7 Å². The lowest BCUT2D eigenvalue weighted by Gasteiger charge is -2.27. The van der Waals surface area contributed by atoms with Gasteiger partial charge in [0.1, 0.15) is 17.0 Å². The first-order valence-electron chi connectivity index (χ1n) is 7.49. The minimum atomic E-state index is -0.450. The topological polar surface area (TPSA) is 47.9 Å². The molecule has 0 amide bonds. The maximum absolute atomic E-state index is 11.0. The third-order valence-electron chi connectivity index (χ3n) is 4.89. The van der Waals surface area contributed by atoms with Crippen molar-refractivity contribution in [3.8, 4) is 11.5 Å². The molecule has 5 heteroatoms. The fourth-order valence-corrected chi connectivity index (χ4v) is 4.74. The van der Waals surface area contributed by atoms with Crippen LogP contribution in [0, 0.1) is 0 Å². The summed E-state index contributed by atoms with van der Waals surface area (Å²) in [5.74, 6) is 1.87. The molecule has 0 aromatic heterocycles. The lowest BCUT2D eigenvalue weighted by molar-refractivity contribution is 0.338. The Kier molecular flexibility index (Phi) is 3.09. The summed E-state index contributed by atoms with van der Waals surface area (Å²) in [5.41, 5.74) is 2.99. The molecule has 0 spiro atoms. The first-order chi connectivity index (χ1) is 10.3. The highest BCUT2D eigenvalue weighted by molar-refractivity contribution is 9.10. The van der Waals surface area contributed by atoms with Gasteiger partial charge in [-0.1, -0.05) is 12.8 Å². The van der Waals surface area contributed by atoms with Crippen molar-refractivity contribution in [2.24, 2.45) is 4.99 Å². The van der Waals surface area contributed by atoms with Crippen LogP contribution in [0.1, 0.15) is 42.4 Å². The Morgan fingerprint density at radius 2 is 1.71 bits per heavy atom. The molecule has 4 nitrogen and oxygen atoms in total. The molecule has 2 aliphatic heterocycles. The Morgan fingerprint density at radius 1 is 1.05 bits per heavy atom. The lowest BCUT2D eigenvalue weighted by atomic mass is 9.82. The molecule has 0 atom stereocenters. The van der Waals surface area contributed by atoms with Crippen molar-refractivity contribution in [2.45, 2.75) is 44.1 Å². The molecule has 1 aliphatic carbocycles. The summed E-state index contributed by atoms with van der Waals surface area (Å²) in [6, 6.07) is 0. The van der Waals surface area contributed by atoms with Crippen LogP contribution < -0.4 is 9.47 Å². The van der Waals surface area contributed by atoms with E-state index in [4.69, 9.17) is 9.47 Å². The lowest BCUT2D eigenvalue weighted by Crippen LogP contribution is -2.22. The van der Waals surface area contributed by atoms with Gasteiger partial charge in [0.25, 0.3) is 0 Å². The van der Waals surface area contributed by atoms with Crippen LogP contribution in [0.2, 0.25) is 0 Å². The minimum absolute atomic E-state index is 0.450. The number of isocyanates is 1. The first kappa shape index (κ1) is 13.4. The molecule has 0 bridgehead atoms. The summed E-state index contributed by atoms with van der Waals surface area (Å²) in [4.78, 5) is 15.3. The summed E-state index contributed by atoms with van der Waals surface area (Å²) >= 11 is 3.67. The van der Waals surface area contributed by atoms with Crippen molar-refractivity contribution in [3.05, 3.63) is 21.2 Å². The van der Waals surface area contributed by atoms with Gasteiger partial charge in [-0.05, 0) is 28.8 Å². The van der Waals surface area contributed by atoms with Crippen LogP contribution >= 0.6 is 15.9 Å². The van der Waals surface area contributed by atoms with E-state index in [0.717, 1.165) is 65.6 Å². The molecule has 1 aromatic carbocycles. The van der Waals surface area contributed by atoms with Gasteiger partial charge in [-0.15, -0.1) is 0 Å². The maximum atomic E-state index is 11.0. The van der Waals surface area contributed by atoms with Gasteiger partial charge in [0, 0.05) is 29.5 Å². The number of halogens is 1. The molecular weight excluding hydrogens is 334 g/mol. The maximum Gasteiger partial charge on any atom is 0.235 e. The van der Waals surface area contributed by atoms with Gasteiger partial charge in [-0.2, -0.15) is 4.99 Å². The monoisotopic (exact) mass is 349 g/mol. The number of hydrogen-bond acceptors (Lipinski definition) is 4. The van der Waals surface area contributed by atoms with E-state index >= 15 is 0 Å². The van der Waals surface area contributed by atoms with Crippen LogP contribution in [0.15, 0.2) is 9.47 Å². The van der Waals surface area contributed by atoms with E-state index < -0.39 is 5.54 Å². The highest BCUT2D eigenvalue weighted by atomic mass is 79.9. The Morgan fingerprint density at radius 3 is 2.43 bits per heavy atom. The second-order valence-electron chi connectivity index (χ2n) is 5.94. The number of aliphatic imine (C=N–C) groups is 1. The van der Waals surface area contributed by atoms with Crippen molar-refractivity contribution in [1.29, 1.82) is 0 Å². The normalized spacial score (nSPS) is 21.2. The summed E-state index contributed by atoms with van der Waals surface area (Å²) < 4.78 is 12.8. The van der Waals surface area contributed by atoms with Gasteiger partial charge in [0.2, 0.25) is 6.08 Å². The molecule has 0 saturated heterocycles. The van der Waals surface area contributed by atoms with Crippen LogP contribution in [-0.2, 0) is 23.2 Å². The Balaban J connectivity index is 2.03.